The number of piperidine rings is 1. The van der Waals surface area contributed by atoms with Gasteiger partial charge in [-0.1, -0.05) is 11.6 Å². The molecule has 2 aliphatic heterocycles. The van der Waals surface area contributed by atoms with Gasteiger partial charge in [0.25, 0.3) is 0 Å². The molecule has 1 unspecified atom stereocenters. The van der Waals surface area contributed by atoms with Crippen LogP contribution in [0.1, 0.15) is 19.3 Å². The zero-order valence-corrected chi connectivity index (χ0v) is 14.4. The number of rotatable bonds is 3. The normalized spacial score (nSPS) is 21.8. The number of nitrogens with zero attached hydrogens (tertiary/aromatic N) is 1. The molecule has 0 saturated carbocycles. The Morgan fingerprint density at radius 3 is 2.74 bits per heavy atom. The molecule has 7 heteroatoms. The maximum atomic E-state index is 13.2. The first-order valence-corrected chi connectivity index (χ1v) is 8.22. The van der Waals surface area contributed by atoms with E-state index >= 15 is 0 Å². The lowest BCUT2D eigenvalue weighted by Gasteiger charge is -2.24. The Morgan fingerprint density at radius 1 is 1.30 bits per heavy atom. The predicted octanol–water partition coefficient (Wildman–Crippen LogP) is 2.60. The Balaban J connectivity index is 0.00000192. The van der Waals surface area contributed by atoms with Gasteiger partial charge < -0.3 is 15.5 Å². The molecule has 0 spiro atoms. The van der Waals surface area contributed by atoms with E-state index in [1.165, 1.54) is 6.07 Å². The van der Waals surface area contributed by atoms with Crippen molar-refractivity contribution in [3.63, 3.8) is 0 Å². The quantitative estimate of drug-likeness (QED) is 0.869. The fraction of sp³-hybridized carbons (Fsp3) is 0.562. The van der Waals surface area contributed by atoms with E-state index in [0.717, 1.165) is 51.1 Å². The summed E-state index contributed by atoms with van der Waals surface area (Å²) in [6, 6.07) is 4.93. The van der Waals surface area contributed by atoms with Gasteiger partial charge in [-0.3, -0.25) is 4.79 Å². The van der Waals surface area contributed by atoms with Gasteiger partial charge in [-0.05, 0) is 50.6 Å². The van der Waals surface area contributed by atoms with Gasteiger partial charge in [-0.2, -0.15) is 0 Å². The van der Waals surface area contributed by atoms with Crippen molar-refractivity contribution in [1.82, 2.24) is 10.6 Å². The van der Waals surface area contributed by atoms with Crippen LogP contribution in [0.4, 0.5) is 10.1 Å². The molecule has 2 heterocycles. The molecule has 0 aliphatic carbocycles. The van der Waals surface area contributed by atoms with Crippen LogP contribution >= 0.6 is 24.0 Å². The third-order valence-corrected chi connectivity index (χ3v) is 4.80. The summed E-state index contributed by atoms with van der Waals surface area (Å²) < 4.78 is 13.2. The van der Waals surface area contributed by atoms with Crippen molar-refractivity contribution >= 4 is 35.6 Å². The highest BCUT2D eigenvalue weighted by Crippen LogP contribution is 2.26. The fourth-order valence-electron chi connectivity index (χ4n) is 3.20. The number of halogens is 3. The molecule has 3 rings (SSSR count). The second-order valence-corrected chi connectivity index (χ2v) is 6.47. The van der Waals surface area contributed by atoms with Gasteiger partial charge in [0.15, 0.2) is 0 Å². The van der Waals surface area contributed by atoms with Crippen molar-refractivity contribution in [2.75, 3.05) is 31.1 Å². The highest BCUT2D eigenvalue weighted by molar-refractivity contribution is 6.31. The van der Waals surface area contributed by atoms with Crippen LogP contribution in [-0.2, 0) is 4.79 Å². The van der Waals surface area contributed by atoms with E-state index in [4.69, 9.17) is 11.6 Å². The first-order valence-electron chi connectivity index (χ1n) is 7.84. The molecule has 4 nitrogen and oxygen atoms in total. The van der Waals surface area contributed by atoms with Crippen LogP contribution in [0.5, 0.6) is 0 Å². The maximum Gasteiger partial charge on any atom is 0.223 e. The number of hydrogen-bond donors (Lipinski definition) is 2. The number of carbonyl (C=O) groups is 1. The van der Waals surface area contributed by atoms with Crippen molar-refractivity contribution in [3.05, 3.63) is 29.0 Å². The number of anilines is 1. The summed E-state index contributed by atoms with van der Waals surface area (Å²) in [5.74, 6) is -0.0959. The maximum absolute atomic E-state index is 13.2. The van der Waals surface area contributed by atoms with Crippen LogP contribution in [-0.4, -0.2) is 38.1 Å². The van der Waals surface area contributed by atoms with Crippen molar-refractivity contribution in [1.29, 1.82) is 0 Å². The minimum absolute atomic E-state index is 0. The summed E-state index contributed by atoms with van der Waals surface area (Å²) in [5.41, 5.74) is 0.907. The topological polar surface area (TPSA) is 44.4 Å². The minimum atomic E-state index is -0.402. The molecule has 2 fully saturated rings. The number of hydrogen-bond acceptors (Lipinski definition) is 3. The molecule has 1 amide bonds. The Morgan fingerprint density at radius 2 is 2.04 bits per heavy atom. The zero-order valence-electron chi connectivity index (χ0n) is 12.9. The summed E-state index contributed by atoms with van der Waals surface area (Å²) in [6.07, 6.45) is 2.73. The monoisotopic (exact) mass is 361 g/mol. The van der Waals surface area contributed by atoms with Crippen LogP contribution in [0.25, 0.3) is 0 Å². The summed E-state index contributed by atoms with van der Waals surface area (Å²) in [6.45, 7) is 3.43. The molecule has 2 N–H and O–H groups in total. The molecule has 128 valence electrons. The first-order chi connectivity index (χ1) is 10.6. The molecule has 1 aromatic carbocycles. The third-order valence-electron chi connectivity index (χ3n) is 4.51. The van der Waals surface area contributed by atoms with Gasteiger partial charge in [0.05, 0.1) is 5.02 Å². The number of amides is 1. The van der Waals surface area contributed by atoms with E-state index in [2.05, 4.69) is 15.5 Å². The Bertz CT molecular complexity index is 552. The molecule has 2 aliphatic rings. The van der Waals surface area contributed by atoms with Crippen LogP contribution in [0, 0.1) is 11.7 Å². The molecule has 0 bridgehead atoms. The van der Waals surface area contributed by atoms with Gasteiger partial charge in [0, 0.05) is 30.7 Å². The average Bonchev–Trinajstić information content (AvgIpc) is 2.99. The highest BCUT2D eigenvalue weighted by Gasteiger charge is 2.28. The van der Waals surface area contributed by atoms with Gasteiger partial charge in [0.2, 0.25) is 5.91 Å². The summed E-state index contributed by atoms with van der Waals surface area (Å²) in [5, 5.41) is 6.57. The van der Waals surface area contributed by atoms with E-state index in [-0.39, 0.29) is 35.3 Å². The molecule has 0 aromatic heterocycles. The Kier molecular flexibility index (Phi) is 6.50. The van der Waals surface area contributed by atoms with Crippen molar-refractivity contribution in [2.45, 2.75) is 25.3 Å². The summed E-state index contributed by atoms with van der Waals surface area (Å²) in [7, 11) is 0. The largest absolute Gasteiger partial charge is 0.369 e. The second-order valence-electron chi connectivity index (χ2n) is 6.06. The molecule has 0 radical (unpaired) electrons. The predicted molar refractivity (Wildman–Crippen MR) is 93.0 cm³/mol. The molecule has 23 heavy (non-hydrogen) atoms. The molecule has 2 saturated heterocycles. The third kappa shape index (κ3) is 4.49. The molecular weight excluding hydrogens is 340 g/mol. The van der Waals surface area contributed by atoms with Gasteiger partial charge in [0.1, 0.15) is 5.82 Å². The fourth-order valence-corrected chi connectivity index (χ4v) is 3.37. The van der Waals surface area contributed by atoms with E-state index in [1.54, 1.807) is 12.1 Å². The van der Waals surface area contributed by atoms with Crippen molar-refractivity contribution in [3.8, 4) is 0 Å². The van der Waals surface area contributed by atoms with E-state index in [1.807, 2.05) is 0 Å². The lowest BCUT2D eigenvalue weighted by molar-refractivity contribution is -0.126. The van der Waals surface area contributed by atoms with E-state index in [9.17, 15) is 9.18 Å². The van der Waals surface area contributed by atoms with E-state index < -0.39 is 5.82 Å². The number of nitrogens with one attached hydrogen (secondary N) is 2. The second kappa shape index (κ2) is 8.18. The Hall–Kier alpha value is -1.04. The minimum Gasteiger partial charge on any atom is -0.369 e. The van der Waals surface area contributed by atoms with Gasteiger partial charge in [-0.25, -0.2) is 4.39 Å². The van der Waals surface area contributed by atoms with Crippen LogP contribution in [0.2, 0.25) is 5.02 Å². The average molecular weight is 362 g/mol. The van der Waals surface area contributed by atoms with Crippen molar-refractivity contribution in [2.24, 2.45) is 5.92 Å². The summed E-state index contributed by atoms with van der Waals surface area (Å²) in [4.78, 5) is 14.4. The van der Waals surface area contributed by atoms with E-state index in [0.29, 0.717) is 0 Å². The molecule has 1 atom stereocenters. The smallest absolute Gasteiger partial charge is 0.223 e. The van der Waals surface area contributed by atoms with Gasteiger partial charge in [-0.15, -0.1) is 12.4 Å². The van der Waals surface area contributed by atoms with Crippen LogP contribution < -0.4 is 15.5 Å². The standard InChI is InChI=1S/C16H21ClFN3O.ClH/c17-14-9-13(1-2-15(14)18)21-8-5-12(10-21)20-16(22)11-3-6-19-7-4-11;/h1-2,9,11-12,19H,3-8,10H2,(H,20,22);1H. The van der Waals surface area contributed by atoms with Crippen molar-refractivity contribution < 1.29 is 9.18 Å². The first kappa shape index (κ1) is 18.3. The SMILES string of the molecule is Cl.O=C(NC1CCN(c2ccc(F)c(Cl)c2)C1)C1CCNCC1. The van der Waals surface area contributed by atoms with Crippen LogP contribution in [0.15, 0.2) is 18.2 Å². The highest BCUT2D eigenvalue weighted by atomic mass is 35.5. The Labute approximate surface area is 147 Å². The summed E-state index contributed by atoms with van der Waals surface area (Å²) >= 11 is 5.84. The lowest BCUT2D eigenvalue weighted by Crippen LogP contribution is -2.43. The number of carbonyl (C=O) groups excluding carboxylic acids is 1. The molecular formula is C16H22Cl2FN3O. The zero-order chi connectivity index (χ0) is 15.5. The van der Waals surface area contributed by atoms with Crippen LogP contribution in [0.3, 0.4) is 0 Å². The van der Waals surface area contributed by atoms with Gasteiger partial charge >= 0.3 is 0 Å². The molecule has 1 aromatic rings. The lowest BCUT2D eigenvalue weighted by atomic mass is 9.97. The number of benzene rings is 1.